The fourth-order valence-electron chi connectivity index (χ4n) is 8.40. The van der Waals surface area contributed by atoms with E-state index in [1.807, 2.05) is 41.6 Å². The molecular formula is C40H58F2N8O5. The first-order valence-electron chi connectivity index (χ1n) is 19.7. The number of ether oxygens (including phenoxy) is 2. The van der Waals surface area contributed by atoms with Crippen LogP contribution >= 0.6 is 0 Å². The molecule has 302 valence electrons. The van der Waals surface area contributed by atoms with Crippen molar-refractivity contribution in [2.45, 2.75) is 110 Å². The molecule has 6 rings (SSSR count). The molecule has 2 saturated heterocycles. The zero-order chi connectivity index (χ0) is 39.6. The van der Waals surface area contributed by atoms with E-state index >= 15 is 0 Å². The van der Waals surface area contributed by atoms with Crippen molar-refractivity contribution in [1.29, 1.82) is 0 Å². The largest absolute Gasteiger partial charge is 0.444 e. The molecule has 1 aromatic heterocycles. The Labute approximate surface area is 323 Å². The van der Waals surface area contributed by atoms with Crippen molar-refractivity contribution < 1.29 is 32.6 Å². The van der Waals surface area contributed by atoms with Gasteiger partial charge in [-0.1, -0.05) is 0 Å². The van der Waals surface area contributed by atoms with E-state index in [0.717, 1.165) is 35.4 Å². The summed E-state index contributed by atoms with van der Waals surface area (Å²) in [5, 5.41) is 6.08. The van der Waals surface area contributed by atoms with E-state index in [1.54, 1.807) is 42.0 Å². The second-order valence-electron chi connectivity index (χ2n) is 16.4. The number of carbonyl (C=O) groups is 3. The first-order valence-corrected chi connectivity index (χ1v) is 19.7. The number of aromatic nitrogens is 2. The first-order chi connectivity index (χ1) is 26.1. The van der Waals surface area contributed by atoms with Crippen molar-refractivity contribution in [1.82, 2.24) is 29.5 Å². The smallest absolute Gasteiger partial charge is 0.410 e. The maximum absolute atomic E-state index is 14.6. The molecule has 0 saturated carbocycles. The van der Waals surface area contributed by atoms with Gasteiger partial charge in [-0.2, -0.15) is 5.10 Å². The van der Waals surface area contributed by atoms with Gasteiger partial charge in [-0.15, -0.1) is 0 Å². The fourth-order valence-corrected chi connectivity index (χ4v) is 8.40. The number of rotatable bonds is 9. The number of benzene rings is 1. The van der Waals surface area contributed by atoms with Crippen LogP contribution in [-0.2, 0) is 32.5 Å². The van der Waals surface area contributed by atoms with Gasteiger partial charge in [0.25, 0.3) is 6.43 Å². The summed E-state index contributed by atoms with van der Waals surface area (Å²) in [7, 11) is 1.77. The SMILES string of the molecule is CC(=O)N1CCC(N(N)C2CCN(C(=O)COC3CCN(C(=O)OC(C)(C)C)CC3)CC2)=C(C(C)N2CCCc3cc(-c4cnn(C)c4)c(C(F)F)cc32)C1. The second kappa shape index (κ2) is 16.9. The van der Waals surface area contributed by atoms with Gasteiger partial charge < -0.3 is 34.1 Å². The molecule has 4 aliphatic heterocycles. The number of anilines is 1. The predicted molar refractivity (Wildman–Crippen MR) is 205 cm³/mol. The molecule has 13 nitrogen and oxygen atoms in total. The standard InChI is InChI=1S/C40H58F2N8O5/c1-26(49-14-7-8-28-20-32(29-22-44-45(6)23-29)33(38(41)42)21-36(28)49)34-24-48(27(2)51)19-13-35(34)50(43)30-9-15-46(16-10-30)37(52)25-54-31-11-17-47(18-12-31)39(53)55-40(3,4)5/h20-23,26,30-31,38H,7-19,24-25,43H2,1-6H3. The summed E-state index contributed by atoms with van der Waals surface area (Å²) in [6, 6.07) is 3.33. The zero-order valence-corrected chi connectivity index (χ0v) is 33.2. The normalized spacial score (nSPS) is 19.5. The summed E-state index contributed by atoms with van der Waals surface area (Å²) in [6.07, 6.45) is 5.19. The summed E-state index contributed by atoms with van der Waals surface area (Å²) in [4.78, 5) is 45.8. The van der Waals surface area contributed by atoms with E-state index in [4.69, 9.17) is 15.3 Å². The van der Waals surface area contributed by atoms with E-state index in [2.05, 4.69) is 16.9 Å². The summed E-state index contributed by atoms with van der Waals surface area (Å²) in [5.41, 5.74) is 4.39. The minimum absolute atomic E-state index is 0.00385. The minimum atomic E-state index is -2.66. The van der Waals surface area contributed by atoms with Crippen LogP contribution < -0.4 is 10.7 Å². The maximum atomic E-state index is 14.6. The molecule has 0 aliphatic carbocycles. The number of alkyl halides is 2. The van der Waals surface area contributed by atoms with Gasteiger partial charge in [-0.05, 0) is 95.1 Å². The lowest BCUT2D eigenvalue weighted by molar-refractivity contribution is -0.140. The van der Waals surface area contributed by atoms with E-state index in [0.29, 0.717) is 89.0 Å². The monoisotopic (exact) mass is 768 g/mol. The second-order valence-corrected chi connectivity index (χ2v) is 16.4. The highest BCUT2D eigenvalue weighted by Gasteiger charge is 2.36. The average molecular weight is 769 g/mol. The van der Waals surface area contributed by atoms with Gasteiger partial charge in [-0.3, -0.25) is 14.3 Å². The number of hydrogen-bond acceptors (Lipinski definition) is 9. The van der Waals surface area contributed by atoms with Crippen LogP contribution in [0.2, 0.25) is 0 Å². The molecule has 2 fully saturated rings. The van der Waals surface area contributed by atoms with Gasteiger partial charge in [0, 0.05) is 101 Å². The number of piperidine rings is 2. The Morgan fingerprint density at radius 3 is 2.29 bits per heavy atom. The third-order valence-electron chi connectivity index (χ3n) is 11.5. The van der Waals surface area contributed by atoms with Gasteiger partial charge in [-0.25, -0.2) is 19.4 Å². The molecule has 3 amide bonds. The number of likely N-dealkylation sites (tertiary alicyclic amines) is 2. The fraction of sp³-hybridized carbons (Fsp3) is 0.650. The number of hydrogen-bond donors (Lipinski definition) is 1. The quantitative estimate of drug-likeness (QED) is 0.269. The van der Waals surface area contributed by atoms with Crippen LogP contribution in [0.5, 0.6) is 0 Å². The Balaban J connectivity index is 1.11. The highest BCUT2D eigenvalue weighted by molar-refractivity contribution is 5.78. The van der Waals surface area contributed by atoms with E-state index < -0.39 is 12.0 Å². The van der Waals surface area contributed by atoms with Crippen molar-refractivity contribution >= 4 is 23.6 Å². The topological polar surface area (TPSA) is 130 Å². The van der Waals surface area contributed by atoms with Crippen molar-refractivity contribution in [3.05, 3.63) is 46.9 Å². The number of carbonyl (C=O) groups excluding carboxylic acids is 3. The highest BCUT2D eigenvalue weighted by atomic mass is 19.3. The number of aryl methyl sites for hydroxylation is 2. The Morgan fingerprint density at radius 2 is 1.67 bits per heavy atom. The number of fused-ring (bicyclic) bond motifs is 1. The summed E-state index contributed by atoms with van der Waals surface area (Å²) in [6.45, 7) is 13.0. The van der Waals surface area contributed by atoms with Crippen LogP contribution in [0.1, 0.15) is 90.7 Å². The number of hydrazine groups is 1. The maximum Gasteiger partial charge on any atom is 0.410 e. The van der Waals surface area contributed by atoms with E-state index in [9.17, 15) is 23.2 Å². The number of halogens is 2. The third-order valence-corrected chi connectivity index (χ3v) is 11.5. The lowest BCUT2D eigenvalue weighted by Gasteiger charge is -2.45. The van der Waals surface area contributed by atoms with Gasteiger partial charge in [0.15, 0.2) is 0 Å². The summed E-state index contributed by atoms with van der Waals surface area (Å²) in [5.74, 6) is 6.90. The lowest BCUT2D eigenvalue weighted by Crippen LogP contribution is -2.53. The van der Waals surface area contributed by atoms with E-state index in [1.165, 1.54) is 0 Å². The van der Waals surface area contributed by atoms with Crippen molar-refractivity contribution in [2.24, 2.45) is 12.9 Å². The number of nitrogens with two attached hydrogens (primary N) is 1. The van der Waals surface area contributed by atoms with Crippen LogP contribution in [0.25, 0.3) is 11.1 Å². The van der Waals surface area contributed by atoms with Gasteiger partial charge in [0.2, 0.25) is 11.8 Å². The molecule has 5 heterocycles. The molecule has 1 aromatic carbocycles. The highest BCUT2D eigenvalue weighted by Crippen LogP contribution is 2.41. The van der Waals surface area contributed by atoms with Crippen molar-refractivity contribution in [3.63, 3.8) is 0 Å². The van der Waals surface area contributed by atoms with Gasteiger partial charge in [0.1, 0.15) is 12.2 Å². The molecule has 0 spiro atoms. The first kappa shape index (κ1) is 40.4. The Hall–Kier alpha value is -4.24. The molecular weight excluding hydrogens is 710 g/mol. The zero-order valence-electron chi connectivity index (χ0n) is 33.2. The van der Waals surface area contributed by atoms with Crippen LogP contribution in [0.15, 0.2) is 35.8 Å². The Kier molecular flexibility index (Phi) is 12.4. The van der Waals surface area contributed by atoms with Crippen LogP contribution in [0, 0.1) is 0 Å². The molecule has 15 heteroatoms. The molecule has 2 N–H and O–H groups in total. The molecule has 0 radical (unpaired) electrons. The lowest BCUT2D eigenvalue weighted by atomic mass is 9.90. The molecule has 55 heavy (non-hydrogen) atoms. The van der Waals surface area contributed by atoms with Crippen molar-refractivity contribution in [3.8, 4) is 11.1 Å². The van der Waals surface area contributed by atoms with Crippen LogP contribution in [-0.4, -0.2) is 124 Å². The van der Waals surface area contributed by atoms with Crippen molar-refractivity contribution in [2.75, 3.05) is 57.3 Å². The van der Waals surface area contributed by atoms with Gasteiger partial charge in [0.05, 0.1) is 18.3 Å². The van der Waals surface area contributed by atoms with E-state index in [-0.39, 0.29) is 48.3 Å². The van der Waals surface area contributed by atoms with Crippen LogP contribution in [0.3, 0.4) is 0 Å². The summed E-state index contributed by atoms with van der Waals surface area (Å²) >= 11 is 0. The number of amides is 3. The predicted octanol–water partition coefficient (Wildman–Crippen LogP) is 5.25. The Morgan fingerprint density at radius 1 is 0.982 bits per heavy atom. The third kappa shape index (κ3) is 9.42. The Bertz CT molecular complexity index is 1740. The number of nitrogens with zero attached hydrogens (tertiary/aromatic N) is 7. The molecule has 2 aromatic rings. The minimum Gasteiger partial charge on any atom is -0.444 e. The molecule has 1 atom stereocenters. The summed E-state index contributed by atoms with van der Waals surface area (Å²) < 4.78 is 42.3. The van der Waals surface area contributed by atoms with Crippen LogP contribution in [0.4, 0.5) is 19.3 Å². The molecule has 0 bridgehead atoms. The molecule has 1 unspecified atom stereocenters. The molecule has 4 aliphatic rings. The average Bonchev–Trinajstić information content (AvgIpc) is 3.60. The van der Waals surface area contributed by atoms with Gasteiger partial charge >= 0.3 is 6.09 Å².